The van der Waals surface area contributed by atoms with E-state index in [2.05, 4.69) is 15.6 Å². The molecule has 0 bridgehead atoms. The van der Waals surface area contributed by atoms with E-state index < -0.39 is 11.9 Å². The van der Waals surface area contributed by atoms with Gasteiger partial charge in [0, 0.05) is 18.9 Å². The van der Waals surface area contributed by atoms with Gasteiger partial charge in [-0.05, 0) is 31.5 Å². The third-order valence-corrected chi connectivity index (χ3v) is 3.75. The number of anilines is 1. The van der Waals surface area contributed by atoms with E-state index in [1.165, 1.54) is 18.5 Å². The Morgan fingerprint density at radius 3 is 2.44 bits per heavy atom. The van der Waals surface area contributed by atoms with Crippen LogP contribution in [0.25, 0.3) is 0 Å². The van der Waals surface area contributed by atoms with Crippen molar-refractivity contribution in [2.75, 3.05) is 18.5 Å². The molecule has 7 nitrogen and oxygen atoms in total. The Balaban J connectivity index is 2.14. The Labute approximate surface area is 158 Å². The third kappa shape index (κ3) is 5.64. The molecule has 0 radical (unpaired) electrons. The van der Waals surface area contributed by atoms with Gasteiger partial charge in [-0.15, -0.1) is 0 Å². The third-order valence-electron chi connectivity index (χ3n) is 3.75. The van der Waals surface area contributed by atoms with Gasteiger partial charge in [-0.3, -0.25) is 14.6 Å². The van der Waals surface area contributed by atoms with Crippen molar-refractivity contribution >= 4 is 23.5 Å². The first-order valence-corrected chi connectivity index (χ1v) is 8.87. The molecule has 2 amide bonds. The zero-order valence-corrected chi connectivity index (χ0v) is 15.5. The summed E-state index contributed by atoms with van der Waals surface area (Å²) in [6.07, 6.45) is 4.63. The van der Waals surface area contributed by atoms with Crippen molar-refractivity contribution < 1.29 is 19.1 Å². The summed E-state index contributed by atoms with van der Waals surface area (Å²) in [5.74, 6) is -1.27. The molecule has 27 heavy (non-hydrogen) atoms. The zero-order chi connectivity index (χ0) is 19.6. The number of amides is 2. The molecule has 0 saturated carbocycles. The Bertz CT molecular complexity index is 820. The highest BCUT2D eigenvalue weighted by Crippen LogP contribution is 2.17. The van der Waals surface area contributed by atoms with Crippen molar-refractivity contribution in [1.29, 1.82) is 0 Å². The number of carbonyl (C=O) groups is 3. The minimum Gasteiger partial charge on any atom is -0.462 e. The second-order valence-corrected chi connectivity index (χ2v) is 5.79. The maximum Gasteiger partial charge on any atom is 0.340 e. The first-order valence-electron chi connectivity index (χ1n) is 8.87. The first kappa shape index (κ1) is 20.1. The first-order chi connectivity index (χ1) is 13.1. The van der Waals surface area contributed by atoms with Crippen LogP contribution in [0.15, 0.2) is 42.7 Å². The van der Waals surface area contributed by atoms with E-state index >= 15 is 0 Å². The summed E-state index contributed by atoms with van der Waals surface area (Å²) in [5.41, 5.74) is 1.11. The van der Waals surface area contributed by atoms with E-state index in [0.717, 1.165) is 12.8 Å². The second-order valence-electron chi connectivity index (χ2n) is 5.79. The number of unbranched alkanes of at least 4 members (excludes halogenated alkanes) is 1. The van der Waals surface area contributed by atoms with Gasteiger partial charge < -0.3 is 15.4 Å². The van der Waals surface area contributed by atoms with Crippen LogP contribution >= 0.6 is 0 Å². The molecule has 0 atom stereocenters. The molecule has 1 aromatic carbocycles. The largest absolute Gasteiger partial charge is 0.462 e. The van der Waals surface area contributed by atoms with E-state index in [0.29, 0.717) is 17.8 Å². The van der Waals surface area contributed by atoms with Gasteiger partial charge in [-0.2, -0.15) is 0 Å². The van der Waals surface area contributed by atoms with E-state index in [1.807, 2.05) is 6.92 Å². The number of nitrogens with one attached hydrogen (secondary N) is 2. The molecule has 2 N–H and O–H groups in total. The van der Waals surface area contributed by atoms with Crippen molar-refractivity contribution in [2.45, 2.75) is 26.7 Å². The molecule has 2 rings (SSSR count). The number of pyridine rings is 1. The summed E-state index contributed by atoms with van der Waals surface area (Å²) in [6, 6.07) is 8.04. The van der Waals surface area contributed by atoms with Gasteiger partial charge in [0.2, 0.25) is 0 Å². The quantitative estimate of drug-likeness (QED) is 0.551. The summed E-state index contributed by atoms with van der Waals surface area (Å²) in [5, 5.41) is 5.46. The maximum absolute atomic E-state index is 12.5. The van der Waals surface area contributed by atoms with Gasteiger partial charge in [0.1, 0.15) is 0 Å². The predicted octanol–water partition coefficient (Wildman–Crippen LogP) is 3.04. The number of rotatable bonds is 8. The summed E-state index contributed by atoms with van der Waals surface area (Å²) >= 11 is 0. The van der Waals surface area contributed by atoms with Crippen LogP contribution < -0.4 is 10.6 Å². The summed E-state index contributed by atoms with van der Waals surface area (Å²) < 4.78 is 5.00. The SMILES string of the molecule is CCCCNC(=O)c1cncc(C(=O)Nc2ccccc2C(=O)OCC)c1. The number of hydrogen-bond donors (Lipinski definition) is 2. The molecule has 0 aliphatic heterocycles. The maximum atomic E-state index is 12.5. The number of benzene rings is 1. The lowest BCUT2D eigenvalue weighted by Gasteiger charge is -2.11. The van der Waals surface area contributed by atoms with Crippen molar-refractivity contribution in [3.8, 4) is 0 Å². The molecule has 1 aromatic heterocycles. The molecule has 0 aliphatic rings. The number of nitrogens with zero attached hydrogens (tertiary/aromatic N) is 1. The van der Waals surface area contributed by atoms with Gasteiger partial charge in [0.05, 0.1) is 29.0 Å². The summed E-state index contributed by atoms with van der Waals surface area (Å²) in [6.45, 7) is 4.55. The normalized spacial score (nSPS) is 10.1. The molecule has 0 fully saturated rings. The van der Waals surface area contributed by atoms with Crippen LogP contribution in [0.1, 0.15) is 57.8 Å². The van der Waals surface area contributed by atoms with Crippen molar-refractivity contribution in [3.63, 3.8) is 0 Å². The number of ether oxygens (including phenoxy) is 1. The van der Waals surface area contributed by atoms with Crippen LogP contribution in [-0.4, -0.2) is 35.9 Å². The molecule has 2 aromatic rings. The molecule has 0 spiro atoms. The topological polar surface area (TPSA) is 97.4 Å². The molecule has 0 saturated heterocycles. The molecular weight excluding hydrogens is 346 g/mol. The van der Waals surface area contributed by atoms with Gasteiger partial charge in [0.25, 0.3) is 11.8 Å². The number of hydrogen-bond acceptors (Lipinski definition) is 5. The fourth-order valence-corrected chi connectivity index (χ4v) is 2.34. The number of carbonyl (C=O) groups excluding carboxylic acids is 3. The lowest BCUT2D eigenvalue weighted by molar-refractivity contribution is 0.0527. The molecule has 142 valence electrons. The average Bonchev–Trinajstić information content (AvgIpc) is 2.68. The van der Waals surface area contributed by atoms with Gasteiger partial charge in [-0.1, -0.05) is 25.5 Å². The highest BCUT2D eigenvalue weighted by molar-refractivity contribution is 6.08. The molecular formula is C20H23N3O4. The number of para-hydroxylation sites is 1. The van der Waals surface area contributed by atoms with E-state index in [-0.39, 0.29) is 23.6 Å². The van der Waals surface area contributed by atoms with Crippen molar-refractivity contribution in [2.24, 2.45) is 0 Å². The summed E-state index contributed by atoms with van der Waals surface area (Å²) in [7, 11) is 0. The predicted molar refractivity (Wildman–Crippen MR) is 102 cm³/mol. The van der Waals surface area contributed by atoms with E-state index in [4.69, 9.17) is 4.74 Å². The van der Waals surface area contributed by atoms with Crippen LogP contribution in [0.3, 0.4) is 0 Å². The van der Waals surface area contributed by atoms with E-state index in [1.54, 1.807) is 31.2 Å². The van der Waals surface area contributed by atoms with E-state index in [9.17, 15) is 14.4 Å². The van der Waals surface area contributed by atoms with Gasteiger partial charge in [-0.25, -0.2) is 4.79 Å². The highest BCUT2D eigenvalue weighted by atomic mass is 16.5. The smallest absolute Gasteiger partial charge is 0.340 e. The Morgan fingerprint density at radius 1 is 1.04 bits per heavy atom. The van der Waals surface area contributed by atoms with Crippen LogP contribution in [0.5, 0.6) is 0 Å². The lowest BCUT2D eigenvalue weighted by Crippen LogP contribution is -2.25. The van der Waals surface area contributed by atoms with Crippen LogP contribution in [-0.2, 0) is 4.74 Å². The Hall–Kier alpha value is -3.22. The number of aromatic nitrogens is 1. The highest BCUT2D eigenvalue weighted by Gasteiger charge is 2.16. The van der Waals surface area contributed by atoms with Crippen molar-refractivity contribution in [1.82, 2.24) is 10.3 Å². The van der Waals surface area contributed by atoms with Gasteiger partial charge >= 0.3 is 5.97 Å². The molecule has 0 unspecified atom stereocenters. The monoisotopic (exact) mass is 369 g/mol. The molecule has 0 aliphatic carbocycles. The minimum atomic E-state index is -0.518. The lowest BCUT2D eigenvalue weighted by atomic mass is 10.1. The van der Waals surface area contributed by atoms with Crippen LogP contribution in [0.2, 0.25) is 0 Å². The Morgan fingerprint density at radius 2 is 1.74 bits per heavy atom. The zero-order valence-electron chi connectivity index (χ0n) is 15.5. The average molecular weight is 369 g/mol. The summed E-state index contributed by atoms with van der Waals surface area (Å²) in [4.78, 5) is 40.7. The minimum absolute atomic E-state index is 0.219. The standard InChI is InChI=1S/C20H23N3O4/c1-3-5-10-22-18(24)14-11-15(13-21-12-14)19(25)23-17-9-7-6-8-16(17)20(26)27-4-2/h6-9,11-13H,3-5,10H2,1-2H3,(H,22,24)(H,23,25). The van der Waals surface area contributed by atoms with Gasteiger partial charge in [0.15, 0.2) is 0 Å². The second kappa shape index (κ2) is 10.1. The van der Waals surface area contributed by atoms with Crippen LogP contribution in [0.4, 0.5) is 5.69 Å². The molecule has 7 heteroatoms. The molecule has 1 heterocycles. The Kier molecular flexibility index (Phi) is 7.49. The fraction of sp³-hybridized carbons (Fsp3) is 0.300. The van der Waals surface area contributed by atoms with Crippen molar-refractivity contribution in [3.05, 3.63) is 59.4 Å². The number of esters is 1. The van der Waals surface area contributed by atoms with Crippen LogP contribution in [0, 0.1) is 0 Å². The fourth-order valence-electron chi connectivity index (χ4n) is 2.34.